The number of hydrogen-bond donors (Lipinski definition) is 1. The maximum absolute atomic E-state index is 11.1. The standard InChI is InChI=1S/C10H16N2OS/c1-10(2,3)8-6-14-9(12-8)4-7(13)5-11/h6H,4-5,11H2,1-3H3. The Hall–Kier alpha value is -0.740. The minimum Gasteiger partial charge on any atom is -0.324 e. The number of ketones is 1. The van der Waals surface area contributed by atoms with E-state index in [2.05, 4.69) is 25.8 Å². The van der Waals surface area contributed by atoms with Crippen LogP contribution < -0.4 is 5.73 Å². The lowest BCUT2D eigenvalue weighted by Gasteiger charge is -2.14. The van der Waals surface area contributed by atoms with Gasteiger partial charge in [-0.1, -0.05) is 20.8 Å². The van der Waals surface area contributed by atoms with Crippen molar-refractivity contribution >= 4 is 17.1 Å². The number of Topliss-reactive ketones (excluding diaryl/α,β-unsaturated/α-hetero) is 1. The highest BCUT2D eigenvalue weighted by Crippen LogP contribution is 2.23. The van der Waals surface area contributed by atoms with Crippen molar-refractivity contribution in [1.82, 2.24) is 4.98 Å². The van der Waals surface area contributed by atoms with Crippen LogP contribution >= 0.6 is 11.3 Å². The van der Waals surface area contributed by atoms with Crippen molar-refractivity contribution in [2.45, 2.75) is 32.6 Å². The van der Waals surface area contributed by atoms with Crippen LogP contribution in [0.4, 0.5) is 0 Å². The van der Waals surface area contributed by atoms with Gasteiger partial charge in [0.1, 0.15) is 5.01 Å². The Kier molecular flexibility index (Phi) is 3.39. The highest BCUT2D eigenvalue weighted by Gasteiger charge is 2.17. The van der Waals surface area contributed by atoms with E-state index in [4.69, 9.17) is 5.73 Å². The fourth-order valence-corrected chi connectivity index (χ4v) is 2.03. The zero-order valence-corrected chi connectivity index (χ0v) is 9.65. The summed E-state index contributed by atoms with van der Waals surface area (Å²) in [6.07, 6.45) is 0.372. The maximum Gasteiger partial charge on any atom is 0.153 e. The molecule has 0 aliphatic carbocycles. The lowest BCUT2D eigenvalue weighted by Crippen LogP contribution is -2.16. The van der Waals surface area contributed by atoms with Gasteiger partial charge in [-0.25, -0.2) is 4.98 Å². The van der Waals surface area contributed by atoms with E-state index in [1.165, 1.54) is 11.3 Å². The van der Waals surface area contributed by atoms with E-state index in [0.717, 1.165) is 10.7 Å². The third kappa shape index (κ3) is 2.89. The average Bonchev–Trinajstić information content (AvgIpc) is 2.51. The first-order valence-electron chi connectivity index (χ1n) is 4.60. The minimum atomic E-state index is 0.0415. The van der Waals surface area contributed by atoms with Crippen LogP contribution in [0.3, 0.4) is 0 Å². The summed E-state index contributed by atoms with van der Waals surface area (Å²) in [6, 6.07) is 0. The average molecular weight is 212 g/mol. The Labute approximate surface area is 88.3 Å². The molecule has 0 aliphatic rings. The van der Waals surface area contributed by atoms with Gasteiger partial charge in [0.2, 0.25) is 0 Å². The maximum atomic E-state index is 11.1. The van der Waals surface area contributed by atoms with Gasteiger partial charge in [0, 0.05) is 10.8 Å². The summed E-state index contributed by atoms with van der Waals surface area (Å²) in [5.74, 6) is 0.0415. The van der Waals surface area contributed by atoms with Crippen molar-refractivity contribution in [2.24, 2.45) is 5.73 Å². The van der Waals surface area contributed by atoms with Crippen LogP contribution in [-0.2, 0) is 16.6 Å². The Bertz CT molecular complexity index is 325. The van der Waals surface area contributed by atoms with E-state index in [1.54, 1.807) is 0 Å². The molecule has 2 N–H and O–H groups in total. The lowest BCUT2D eigenvalue weighted by atomic mass is 9.93. The monoisotopic (exact) mass is 212 g/mol. The largest absolute Gasteiger partial charge is 0.324 e. The number of hydrogen-bond acceptors (Lipinski definition) is 4. The molecule has 0 aliphatic heterocycles. The summed E-state index contributed by atoms with van der Waals surface area (Å²) in [6.45, 7) is 6.42. The Balaban J connectivity index is 2.74. The molecule has 0 aromatic carbocycles. The molecule has 1 heterocycles. The predicted molar refractivity (Wildman–Crippen MR) is 58.6 cm³/mol. The molecular formula is C10H16N2OS. The van der Waals surface area contributed by atoms with Gasteiger partial charge in [-0.2, -0.15) is 0 Å². The molecule has 0 bridgehead atoms. The Morgan fingerprint density at radius 1 is 1.57 bits per heavy atom. The first-order chi connectivity index (χ1) is 6.43. The van der Waals surface area contributed by atoms with Crippen LogP contribution in [0.2, 0.25) is 0 Å². The van der Waals surface area contributed by atoms with Crippen LogP contribution in [0.25, 0.3) is 0 Å². The highest BCUT2D eigenvalue weighted by molar-refractivity contribution is 7.09. The molecule has 4 heteroatoms. The second-order valence-electron chi connectivity index (χ2n) is 4.30. The molecule has 0 unspecified atom stereocenters. The number of carbonyl (C=O) groups is 1. The minimum absolute atomic E-state index is 0.0415. The summed E-state index contributed by atoms with van der Waals surface area (Å²) < 4.78 is 0. The van der Waals surface area contributed by atoms with E-state index in [1.807, 2.05) is 5.38 Å². The molecular weight excluding hydrogens is 196 g/mol. The molecule has 78 valence electrons. The lowest BCUT2D eigenvalue weighted by molar-refractivity contribution is -0.117. The molecule has 1 rings (SSSR count). The summed E-state index contributed by atoms with van der Waals surface area (Å²) in [4.78, 5) is 15.5. The second-order valence-corrected chi connectivity index (χ2v) is 5.24. The van der Waals surface area contributed by atoms with Gasteiger partial charge in [-0.05, 0) is 0 Å². The topological polar surface area (TPSA) is 56.0 Å². The van der Waals surface area contributed by atoms with Crippen molar-refractivity contribution < 1.29 is 4.79 Å². The molecule has 3 nitrogen and oxygen atoms in total. The predicted octanol–water partition coefficient (Wildman–Crippen LogP) is 1.51. The summed E-state index contributed by atoms with van der Waals surface area (Å²) in [7, 11) is 0. The number of carbonyl (C=O) groups excluding carboxylic acids is 1. The van der Waals surface area contributed by atoms with Crippen molar-refractivity contribution in [3.63, 3.8) is 0 Å². The number of nitrogens with zero attached hydrogens (tertiary/aromatic N) is 1. The Morgan fingerprint density at radius 2 is 2.21 bits per heavy atom. The van der Waals surface area contributed by atoms with Gasteiger partial charge < -0.3 is 5.73 Å². The number of rotatable bonds is 3. The van der Waals surface area contributed by atoms with E-state index < -0.39 is 0 Å². The van der Waals surface area contributed by atoms with Crippen LogP contribution in [0.1, 0.15) is 31.5 Å². The van der Waals surface area contributed by atoms with Crippen molar-refractivity contribution in [2.75, 3.05) is 6.54 Å². The molecule has 0 spiro atoms. The third-order valence-electron chi connectivity index (χ3n) is 1.90. The van der Waals surface area contributed by atoms with Crippen LogP contribution in [0.5, 0.6) is 0 Å². The zero-order chi connectivity index (χ0) is 10.8. The van der Waals surface area contributed by atoms with Gasteiger partial charge in [-0.15, -0.1) is 11.3 Å². The van der Waals surface area contributed by atoms with Gasteiger partial charge in [0.25, 0.3) is 0 Å². The fraction of sp³-hybridized carbons (Fsp3) is 0.600. The zero-order valence-electron chi connectivity index (χ0n) is 8.83. The molecule has 0 saturated heterocycles. The van der Waals surface area contributed by atoms with Crippen LogP contribution in [0.15, 0.2) is 5.38 Å². The molecule has 0 radical (unpaired) electrons. The van der Waals surface area contributed by atoms with Crippen molar-refractivity contribution in [3.8, 4) is 0 Å². The summed E-state index contributed by atoms with van der Waals surface area (Å²) in [5.41, 5.74) is 6.34. The molecule has 0 amide bonds. The van der Waals surface area contributed by atoms with Crippen molar-refractivity contribution in [1.29, 1.82) is 0 Å². The van der Waals surface area contributed by atoms with Gasteiger partial charge in [0.05, 0.1) is 18.7 Å². The highest BCUT2D eigenvalue weighted by atomic mass is 32.1. The van der Waals surface area contributed by atoms with E-state index in [0.29, 0.717) is 6.42 Å². The summed E-state index contributed by atoms with van der Waals surface area (Å²) in [5, 5.41) is 2.88. The SMILES string of the molecule is CC(C)(C)c1csc(CC(=O)CN)n1. The third-order valence-corrected chi connectivity index (χ3v) is 2.75. The summed E-state index contributed by atoms with van der Waals surface area (Å²) >= 11 is 1.53. The van der Waals surface area contributed by atoms with Crippen molar-refractivity contribution in [3.05, 3.63) is 16.1 Å². The van der Waals surface area contributed by atoms with Gasteiger partial charge >= 0.3 is 0 Å². The van der Waals surface area contributed by atoms with Gasteiger partial charge in [-0.3, -0.25) is 4.79 Å². The van der Waals surface area contributed by atoms with Crippen LogP contribution in [-0.4, -0.2) is 17.3 Å². The molecule has 14 heavy (non-hydrogen) atoms. The quantitative estimate of drug-likeness (QED) is 0.826. The molecule has 1 aromatic rings. The molecule has 1 aromatic heterocycles. The van der Waals surface area contributed by atoms with E-state index in [-0.39, 0.29) is 17.7 Å². The smallest absolute Gasteiger partial charge is 0.153 e. The van der Waals surface area contributed by atoms with E-state index in [9.17, 15) is 4.79 Å². The van der Waals surface area contributed by atoms with Gasteiger partial charge in [0.15, 0.2) is 5.78 Å². The first kappa shape index (κ1) is 11.3. The molecule has 0 saturated carbocycles. The second kappa shape index (κ2) is 4.19. The Morgan fingerprint density at radius 3 is 2.64 bits per heavy atom. The van der Waals surface area contributed by atoms with E-state index >= 15 is 0 Å². The van der Waals surface area contributed by atoms with Crippen LogP contribution in [0, 0.1) is 0 Å². The normalized spacial score (nSPS) is 11.7. The number of aromatic nitrogens is 1. The molecule has 0 fully saturated rings. The first-order valence-corrected chi connectivity index (χ1v) is 5.48. The number of nitrogens with two attached hydrogens (primary N) is 1. The molecule has 0 atom stereocenters. The fourth-order valence-electron chi connectivity index (χ4n) is 0.977. The number of thiazole rings is 1.